The van der Waals surface area contributed by atoms with E-state index < -0.39 is 0 Å². The van der Waals surface area contributed by atoms with Crippen molar-refractivity contribution in [2.75, 3.05) is 25.9 Å². The van der Waals surface area contributed by atoms with Gasteiger partial charge in [0.15, 0.2) is 5.96 Å². The molecule has 0 radical (unpaired) electrons. The Balaban J connectivity index is 1.64. The largest absolute Gasteiger partial charge is 0.356 e. The lowest BCUT2D eigenvalue weighted by atomic mass is 10.2. The van der Waals surface area contributed by atoms with E-state index in [0.717, 1.165) is 35.1 Å². The Morgan fingerprint density at radius 1 is 1.47 bits per heavy atom. The minimum Gasteiger partial charge on any atom is -0.356 e. The van der Waals surface area contributed by atoms with Crippen molar-refractivity contribution in [3.8, 4) is 0 Å². The summed E-state index contributed by atoms with van der Waals surface area (Å²) in [5.74, 6) is 2.20. The van der Waals surface area contributed by atoms with Gasteiger partial charge in [-0.1, -0.05) is 11.6 Å². The number of halogens is 1. The second kappa shape index (κ2) is 8.02. The predicted molar refractivity (Wildman–Crippen MR) is 87.9 cm³/mol. The van der Waals surface area contributed by atoms with Crippen LogP contribution in [0, 0.1) is 0 Å². The molecule has 1 aliphatic heterocycles. The molecule has 1 aliphatic rings. The number of aliphatic imine (C=N–C) groups is 1. The molecule has 0 aliphatic carbocycles. The minimum absolute atomic E-state index is 0.745. The Hall–Kier alpha value is -0.390. The number of thioether (sulfide) groups is 1. The topological polar surface area (TPSA) is 36.4 Å². The first kappa shape index (κ1) is 15.0. The van der Waals surface area contributed by atoms with Crippen molar-refractivity contribution in [2.24, 2.45) is 4.99 Å². The molecule has 0 aromatic carbocycles. The lowest BCUT2D eigenvalue weighted by molar-refractivity contribution is 0.725. The van der Waals surface area contributed by atoms with E-state index in [1.165, 1.54) is 23.5 Å². The van der Waals surface area contributed by atoms with Crippen LogP contribution in [0.4, 0.5) is 0 Å². The monoisotopic (exact) mass is 317 g/mol. The van der Waals surface area contributed by atoms with Crippen molar-refractivity contribution in [1.82, 2.24) is 10.6 Å². The fourth-order valence-corrected chi connectivity index (χ4v) is 4.31. The average molecular weight is 318 g/mol. The van der Waals surface area contributed by atoms with E-state index in [2.05, 4.69) is 33.5 Å². The Morgan fingerprint density at radius 3 is 3.00 bits per heavy atom. The van der Waals surface area contributed by atoms with Crippen LogP contribution in [0.5, 0.6) is 0 Å². The molecule has 2 heterocycles. The summed E-state index contributed by atoms with van der Waals surface area (Å²) in [6.07, 6.45) is 3.65. The van der Waals surface area contributed by atoms with Gasteiger partial charge in [-0.25, -0.2) is 0 Å². The van der Waals surface area contributed by atoms with Crippen molar-refractivity contribution >= 4 is 40.7 Å². The van der Waals surface area contributed by atoms with Crippen LogP contribution in [-0.2, 0) is 6.42 Å². The smallest absolute Gasteiger partial charge is 0.191 e. The normalized spacial score (nSPS) is 19.7. The Labute approximate surface area is 128 Å². The van der Waals surface area contributed by atoms with Crippen molar-refractivity contribution < 1.29 is 0 Å². The summed E-state index contributed by atoms with van der Waals surface area (Å²) in [7, 11) is 1.82. The van der Waals surface area contributed by atoms with Gasteiger partial charge in [-0.15, -0.1) is 11.3 Å². The van der Waals surface area contributed by atoms with Crippen molar-refractivity contribution in [2.45, 2.75) is 24.5 Å². The van der Waals surface area contributed by atoms with Gasteiger partial charge in [-0.2, -0.15) is 11.8 Å². The number of nitrogens with one attached hydrogen (secondary N) is 2. The quantitative estimate of drug-likeness (QED) is 0.647. The standard InChI is InChI=1S/C13H20ClN3S2/c1-15-13(17-9-11-3-2-8-18-11)16-7-6-10-4-5-12(14)19-10/h4-5,11H,2-3,6-9H2,1H3,(H2,15,16,17). The molecule has 0 saturated carbocycles. The van der Waals surface area contributed by atoms with E-state index >= 15 is 0 Å². The Kier molecular flexibility index (Phi) is 6.34. The van der Waals surface area contributed by atoms with Crippen LogP contribution in [0.15, 0.2) is 17.1 Å². The van der Waals surface area contributed by atoms with Gasteiger partial charge in [0.05, 0.1) is 4.34 Å². The first-order chi connectivity index (χ1) is 9.28. The second-order valence-corrected chi connectivity index (χ2v) is 7.68. The van der Waals surface area contributed by atoms with Gasteiger partial charge in [0.1, 0.15) is 0 Å². The molecule has 19 heavy (non-hydrogen) atoms. The first-order valence-electron chi connectivity index (χ1n) is 6.58. The van der Waals surface area contributed by atoms with Crippen molar-refractivity contribution in [3.05, 3.63) is 21.3 Å². The van der Waals surface area contributed by atoms with E-state index in [0.29, 0.717) is 0 Å². The van der Waals surface area contributed by atoms with E-state index in [1.807, 2.05) is 13.1 Å². The SMILES string of the molecule is CN=C(NCCc1ccc(Cl)s1)NCC1CCCS1. The number of thiophene rings is 1. The second-order valence-electron chi connectivity index (χ2n) is 4.47. The summed E-state index contributed by atoms with van der Waals surface area (Å²) < 4.78 is 0.857. The zero-order valence-electron chi connectivity index (χ0n) is 11.1. The summed E-state index contributed by atoms with van der Waals surface area (Å²) in [4.78, 5) is 5.55. The maximum Gasteiger partial charge on any atom is 0.191 e. The van der Waals surface area contributed by atoms with Gasteiger partial charge in [0, 0.05) is 30.3 Å². The minimum atomic E-state index is 0.745. The fraction of sp³-hybridized carbons (Fsp3) is 0.615. The molecule has 6 heteroatoms. The third-order valence-electron chi connectivity index (χ3n) is 3.04. The summed E-state index contributed by atoms with van der Waals surface area (Å²) in [6.45, 7) is 1.89. The summed E-state index contributed by atoms with van der Waals surface area (Å²) in [5.41, 5.74) is 0. The lowest BCUT2D eigenvalue weighted by Gasteiger charge is -2.14. The van der Waals surface area contributed by atoms with Gasteiger partial charge >= 0.3 is 0 Å². The molecule has 3 nitrogen and oxygen atoms in total. The van der Waals surface area contributed by atoms with Gasteiger partial charge in [0.25, 0.3) is 0 Å². The average Bonchev–Trinajstić information content (AvgIpc) is 3.05. The molecule has 1 aromatic heterocycles. The van der Waals surface area contributed by atoms with E-state index in [-0.39, 0.29) is 0 Å². The van der Waals surface area contributed by atoms with E-state index in [9.17, 15) is 0 Å². The number of nitrogens with zero attached hydrogens (tertiary/aromatic N) is 1. The van der Waals surface area contributed by atoms with Crippen molar-refractivity contribution in [1.29, 1.82) is 0 Å². The van der Waals surface area contributed by atoms with Gasteiger partial charge in [-0.05, 0) is 37.1 Å². The van der Waals surface area contributed by atoms with Gasteiger partial charge in [0.2, 0.25) is 0 Å². The molecule has 1 atom stereocenters. The van der Waals surface area contributed by atoms with Gasteiger partial charge in [-0.3, -0.25) is 4.99 Å². The Morgan fingerprint density at radius 2 is 2.37 bits per heavy atom. The van der Waals surface area contributed by atoms with Crippen LogP contribution < -0.4 is 10.6 Å². The number of hydrogen-bond acceptors (Lipinski definition) is 3. The molecule has 0 bridgehead atoms. The molecule has 2 N–H and O–H groups in total. The first-order valence-corrected chi connectivity index (χ1v) is 8.82. The molecule has 1 aromatic rings. The van der Waals surface area contributed by atoms with Crippen LogP contribution >= 0.6 is 34.7 Å². The van der Waals surface area contributed by atoms with E-state index in [1.54, 1.807) is 11.3 Å². The van der Waals surface area contributed by atoms with Crippen LogP contribution in [0.25, 0.3) is 0 Å². The lowest BCUT2D eigenvalue weighted by Crippen LogP contribution is -2.40. The fourth-order valence-electron chi connectivity index (χ4n) is 2.03. The molecule has 0 spiro atoms. The molecule has 106 valence electrons. The van der Waals surface area contributed by atoms with Crippen LogP contribution in [-0.4, -0.2) is 37.1 Å². The molecular formula is C13H20ClN3S2. The molecule has 2 rings (SSSR count). The number of rotatable bonds is 5. The summed E-state index contributed by atoms with van der Waals surface area (Å²) in [6, 6.07) is 4.03. The third-order valence-corrected chi connectivity index (χ3v) is 5.73. The van der Waals surface area contributed by atoms with Crippen LogP contribution in [0.2, 0.25) is 4.34 Å². The maximum absolute atomic E-state index is 5.91. The van der Waals surface area contributed by atoms with Crippen LogP contribution in [0.3, 0.4) is 0 Å². The molecule has 1 unspecified atom stereocenters. The zero-order valence-corrected chi connectivity index (χ0v) is 13.5. The third kappa shape index (κ3) is 5.24. The van der Waals surface area contributed by atoms with Gasteiger partial charge < -0.3 is 10.6 Å². The van der Waals surface area contributed by atoms with Crippen LogP contribution in [0.1, 0.15) is 17.7 Å². The molecule has 1 fully saturated rings. The summed E-state index contributed by atoms with van der Waals surface area (Å²) >= 11 is 9.61. The number of hydrogen-bond donors (Lipinski definition) is 2. The highest BCUT2D eigenvalue weighted by Crippen LogP contribution is 2.25. The van der Waals surface area contributed by atoms with Crippen molar-refractivity contribution in [3.63, 3.8) is 0 Å². The van der Waals surface area contributed by atoms with E-state index in [4.69, 9.17) is 11.6 Å². The highest BCUT2D eigenvalue weighted by Gasteiger charge is 2.15. The Bertz CT molecular complexity index is 414. The molecular weight excluding hydrogens is 298 g/mol. The maximum atomic E-state index is 5.91. The molecule has 1 saturated heterocycles. The highest BCUT2D eigenvalue weighted by atomic mass is 35.5. The zero-order chi connectivity index (χ0) is 13.5. The summed E-state index contributed by atoms with van der Waals surface area (Å²) in [5, 5.41) is 7.49. The molecule has 0 amide bonds. The predicted octanol–water partition coefficient (Wildman–Crippen LogP) is 3.00. The number of guanidine groups is 1. The highest BCUT2D eigenvalue weighted by molar-refractivity contribution is 8.00.